The van der Waals surface area contributed by atoms with Gasteiger partial charge in [0.15, 0.2) is 11.6 Å². The zero-order chi connectivity index (χ0) is 23.8. The fraction of sp³-hybridized carbons (Fsp3) is 0.458. The Morgan fingerprint density at radius 2 is 1.82 bits per heavy atom. The summed E-state index contributed by atoms with van der Waals surface area (Å²) in [5.41, 5.74) is 1.28. The van der Waals surface area contributed by atoms with Gasteiger partial charge in [0.25, 0.3) is 17.6 Å². The first-order valence-corrected chi connectivity index (χ1v) is 11.3. The lowest BCUT2D eigenvalue weighted by Gasteiger charge is -2.34. The van der Waals surface area contributed by atoms with Crippen molar-refractivity contribution in [1.29, 1.82) is 0 Å². The van der Waals surface area contributed by atoms with Crippen molar-refractivity contribution in [1.82, 2.24) is 15.2 Å². The van der Waals surface area contributed by atoms with E-state index in [1.54, 1.807) is 11.5 Å². The standard InChI is InChI=1S/C24H28F2N4O3/c1-14-19(22(32)28-15-6-7-16(25)17(26)13-15)18-5-3-4-12-30(18)20(14)21(31)23(33)29-24(2)8-10-27-11-9-24/h6-7,13,27H,3-5,8-12H2,1-2H3,(H,28,32)(H,29,33). The highest BCUT2D eigenvalue weighted by Gasteiger charge is 2.35. The smallest absolute Gasteiger partial charge is 0.294 e. The molecule has 9 heteroatoms. The number of Topliss-reactive ketones (excluding diaryl/α,β-unsaturated/α-hetero) is 1. The number of aromatic nitrogens is 1. The van der Waals surface area contributed by atoms with Crippen LogP contribution in [0.2, 0.25) is 0 Å². The van der Waals surface area contributed by atoms with Gasteiger partial charge in [0, 0.05) is 29.5 Å². The maximum absolute atomic E-state index is 13.6. The SMILES string of the molecule is Cc1c(C(=O)Nc2ccc(F)c(F)c2)c2n(c1C(=O)C(=O)NC1(C)CCNCC1)CCCC2. The van der Waals surface area contributed by atoms with E-state index >= 15 is 0 Å². The average molecular weight is 459 g/mol. The Labute approximate surface area is 190 Å². The Balaban J connectivity index is 1.64. The maximum Gasteiger partial charge on any atom is 0.294 e. The van der Waals surface area contributed by atoms with Crippen LogP contribution in [0.5, 0.6) is 0 Å². The van der Waals surface area contributed by atoms with Crippen molar-refractivity contribution in [2.45, 2.75) is 58.0 Å². The zero-order valence-electron chi connectivity index (χ0n) is 18.8. The molecule has 3 heterocycles. The highest BCUT2D eigenvalue weighted by molar-refractivity contribution is 6.43. The molecule has 1 aromatic heterocycles. The number of carbonyl (C=O) groups is 3. The summed E-state index contributed by atoms with van der Waals surface area (Å²) >= 11 is 0. The molecule has 0 aliphatic carbocycles. The third-order valence-corrected chi connectivity index (χ3v) is 6.61. The average Bonchev–Trinajstić information content (AvgIpc) is 3.07. The Hall–Kier alpha value is -3.07. The fourth-order valence-corrected chi connectivity index (χ4v) is 4.78. The number of benzene rings is 1. The predicted octanol–water partition coefficient (Wildman–Crippen LogP) is 3.10. The second-order valence-corrected chi connectivity index (χ2v) is 9.08. The van der Waals surface area contributed by atoms with E-state index in [-0.39, 0.29) is 11.4 Å². The quantitative estimate of drug-likeness (QED) is 0.474. The molecule has 2 aliphatic rings. The van der Waals surface area contributed by atoms with Gasteiger partial charge in [-0.2, -0.15) is 0 Å². The molecule has 7 nitrogen and oxygen atoms in total. The molecule has 2 aliphatic heterocycles. The third kappa shape index (κ3) is 4.55. The minimum absolute atomic E-state index is 0.110. The number of halogens is 2. The van der Waals surface area contributed by atoms with Crippen LogP contribution >= 0.6 is 0 Å². The van der Waals surface area contributed by atoms with Crippen molar-refractivity contribution in [2.24, 2.45) is 0 Å². The minimum Gasteiger partial charge on any atom is -0.344 e. The molecule has 0 saturated carbocycles. The normalized spacial score (nSPS) is 17.2. The van der Waals surface area contributed by atoms with E-state index in [9.17, 15) is 23.2 Å². The van der Waals surface area contributed by atoms with Crippen LogP contribution < -0.4 is 16.0 Å². The molecule has 0 bridgehead atoms. The Bertz CT molecular complexity index is 1120. The van der Waals surface area contributed by atoms with Gasteiger partial charge in [0.1, 0.15) is 0 Å². The van der Waals surface area contributed by atoms with Crippen molar-refractivity contribution in [3.05, 3.63) is 52.3 Å². The van der Waals surface area contributed by atoms with E-state index in [1.165, 1.54) is 6.07 Å². The van der Waals surface area contributed by atoms with E-state index in [4.69, 9.17) is 0 Å². The van der Waals surface area contributed by atoms with Crippen molar-refractivity contribution in [3.63, 3.8) is 0 Å². The van der Waals surface area contributed by atoms with E-state index in [0.29, 0.717) is 29.8 Å². The summed E-state index contributed by atoms with van der Waals surface area (Å²) in [5, 5.41) is 8.73. The molecular weight excluding hydrogens is 430 g/mol. The zero-order valence-corrected chi connectivity index (χ0v) is 18.8. The van der Waals surface area contributed by atoms with Gasteiger partial charge in [-0.3, -0.25) is 14.4 Å². The van der Waals surface area contributed by atoms with Crippen molar-refractivity contribution in [3.8, 4) is 0 Å². The van der Waals surface area contributed by atoms with Gasteiger partial charge >= 0.3 is 0 Å². The van der Waals surface area contributed by atoms with Gasteiger partial charge in [-0.05, 0) is 76.7 Å². The van der Waals surface area contributed by atoms with Crippen LogP contribution in [0.1, 0.15) is 64.7 Å². The van der Waals surface area contributed by atoms with Gasteiger partial charge in [-0.15, -0.1) is 0 Å². The van der Waals surface area contributed by atoms with Crippen molar-refractivity contribution < 1.29 is 23.2 Å². The maximum atomic E-state index is 13.6. The first-order valence-electron chi connectivity index (χ1n) is 11.3. The lowest BCUT2D eigenvalue weighted by atomic mass is 9.90. The summed E-state index contributed by atoms with van der Waals surface area (Å²) in [6.07, 6.45) is 3.70. The number of amides is 2. The number of carbonyl (C=O) groups excluding carboxylic acids is 3. The molecular formula is C24H28F2N4O3. The number of rotatable bonds is 5. The monoisotopic (exact) mass is 458 g/mol. The largest absolute Gasteiger partial charge is 0.344 e. The summed E-state index contributed by atoms with van der Waals surface area (Å²) < 4.78 is 28.6. The first kappa shape index (κ1) is 23.1. The lowest BCUT2D eigenvalue weighted by Crippen LogP contribution is -2.54. The molecule has 1 aromatic carbocycles. The molecule has 1 fully saturated rings. The number of ketones is 1. The molecule has 0 spiro atoms. The number of nitrogens with one attached hydrogen (secondary N) is 3. The fourth-order valence-electron chi connectivity index (χ4n) is 4.78. The second kappa shape index (κ2) is 9.05. The van der Waals surface area contributed by atoms with Gasteiger partial charge in [-0.25, -0.2) is 8.78 Å². The predicted molar refractivity (Wildman–Crippen MR) is 119 cm³/mol. The Morgan fingerprint density at radius 3 is 2.52 bits per heavy atom. The van der Waals surface area contributed by atoms with Gasteiger partial charge in [-0.1, -0.05) is 0 Å². The molecule has 2 amide bonds. The van der Waals surface area contributed by atoms with E-state index in [0.717, 1.165) is 50.9 Å². The van der Waals surface area contributed by atoms with Gasteiger partial charge < -0.3 is 20.5 Å². The number of fused-ring (bicyclic) bond motifs is 1. The molecule has 0 radical (unpaired) electrons. The molecule has 4 rings (SSSR count). The summed E-state index contributed by atoms with van der Waals surface area (Å²) in [6, 6.07) is 3.12. The minimum atomic E-state index is -1.07. The van der Waals surface area contributed by atoms with Crippen molar-refractivity contribution >= 4 is 23.3 Å². The topological polar surface area (TPSA) is 92.2 Å². The summed E-state index contributed by atoms with van der Waals surface area (Å²) in [6.45, 7) is 5.64. The number of nitrogens with zero attached hydrogens (tertiary/aromatic N) is 1. The van der Waals surface area contributed by atoms with Crippen LogP contribution in [-0.2, 0) is 17.8 Å². The highest BCUT2D eigenvalue weighted by atomic mass is 19.2. The second-order valence-electron chi connectivity index (χ2n) is 9.08. The molecule has 1 saturated heterocycles. The van der Waals surface area contributed by atoms with E-state index < -0.39 is 34.8 Å². The van der Waals surface area contributed by atoms with Crippen molar-refractivity contribution in [2.75, 3.05) is 18.4 Å². The Kier molecular flexibility index (Phi) is 6.34. The number of hydrogen-bond donors (Lipinski definition) is 3. The molecule has 0 unspecified atom stereocenters. The van der Waals surface area contributed by atoms with Crippen LogP contribution in [0.4, 0.5) is 14.5 Å². The van der Waals surface area contributed by atoms with Crippen LogP contribution in [0, 0.1) is 18.6 Å². The number of hydrogen-bond acceptors (Lipinski definition) is 4. The highest BCUT2D eigenvalue weighted by Crippen LogP contribution is 2.30. The summed E-state index contributed by atoms with van der Waals surface area (Å²) in [4.78, 5) is 39.3. The number of piperidine rings is 1. The molecule has 33 heavy (non-hydrogen) atoms. The van der Waals surface area contributed by atoms with Gasteiger partial charge in [0.05, 0.1) is 11.3 Å². The summed E-state index contributed by atoms with van der Waals surface area (Å²) in [7, 11) is 0. The van der Waals surface area contributed by atoms with Crippen LogP contribution in [0.3, 0.4) is 0 Å². The molecule has 2 aromatic rings. The first-order chi connectivity index (χ1) is 15.7. The van der Waals surface area contributed by atoms with Crippen LogP contribution in [-0.4, -0.2) is 40.8 Å². The molecule has 176 valence electrons. The third-order valence-electron chi connectivity index (χ3n) is 6.61. The molecule has 3 N–H and O–H groups in total. The van der Waals surface area contributed by atoms with E-state index in [2.05, 4.69) is 16.0 Å². The van der Waals surface area contributed by atoms with Gasteiger partial charge in [0.2, 0.25) is 0 Å². The number of anilines is 1. The van der Waals surface area contributed by atoms with E-state index in [1.807, 2.05) is 6.92 Å². The molecule has 0 atom stereocenters. The van der Waals surface area contributed by atoms with Crippen LogP contribution in [0.25, 0.3) is 0 Å². The Morgan fingerprint density at radius 1 is 1.09 bits per heavy atom. The lowest BCUT2D eigenvalue weighted by molar-refractivity contribution is -0.119. The summed E-state index contributed by atoms with van der Waals surface area (Å²) in [5.74, 6) is -3.94. The van der Waals surface area contributed by atoms with Crippen LogP contribution in [0.15, 0.2) is 18.2 Å².